The number of hydrogen-bond donors (Lipinski definition) is 4. The first-order valence-electron chi connectivity index (χ1n) is 21.6. The third-order valence-corrected chi connectivity index (χ3v) is 12.2. The number of aliphatic imine (C=N–C) groups is 1. The van der Waals surface area contributed by atoms with Gasteiger partial charge in [-0.05, 0) is 101 Å². The van der Waals surface area contributed by atoms with Crippen LogP contribution >= 0.6 is 22.9 Å². The molecule has 0 atom stereocenters. The quantitative estimate of drug-likeness (QED) is 0.0725. The van der Waals surface area contributed by atoms with Gasteiger partial charge in [0.1, 0.15) is 23.1 Å². The van der Waals surface area contributed by atoms with Crippen molar-refractivity contribution in [1.29, 1.82) is 0 Å². The third-order valence-electron chi connectivity index (χ3n) is 10.8. The summed E-state index contributed by atoms with van der Waals surface area (Å²) in [5.41, 5.74) is 8.18. The number of likely N-dealkylation sites (tertiary alicyclic amines) is 1. The van der Waals surface area contributed by atoms with Crippen LogP contribution < -0.4 is 16.0 Å². The Morgan fingerprint density at radius 2 is 1.68 bits per heavy atom. The van der Waals surface area contributed by atoms with Gasteiger partial charge in [-0.3, -0.25) is 24.0 Å². The second-order valence-corrected chi connectivity index (χ2v) is 17.0. The highest BCUT2D eigenvalue weighted by Gasteiger charge is 2.26. The van der Waals surface area contributed by atoms with Crippen LogP contribution in [-0.2, 0) is 22.7 Å². The van der Waals surface area contributed by atoms with E-state index >= 15 is 0 Å². The summed E-state index contributed by atoms with van der Waals surface area (Å²) in [5, 5.41) is 30.3. The fourth-order valence-electron chi connectivity index (χ4n) is 7.41. The maximum Gasteiger partial charge on any atom is 0.220 e. The molecule has 0 bridgehead atoms. The zero-order valence-corrected chi connectivity index (χ0v) is 38.8. The van der Waals surface area contributed by atoms with E-state index in [1.807, 2.05) is 94.4 Å². The van der Waals surface area contributed by atoms with Crippen molar-refractivity contribution < 1.29 is 14.7 Å². The number of benzene rings is 3. The molecule has 0 unspecified atom stereocenters. The first-order chi connectivity index (χ1) is 30.0. The zero-order chi connectivity index (χ0) is 44.6. The maximum atomic E-state index is 12.3. The molecule has 4 N–H and O–H groups in total. The molecule has 4 heterocycles. The predicted octanol–water partition coefficient (Wildman–Crippen LogP) is 9.23. The Balaban J connectivity index is 0.000000247. The van der Waals surface area contributed by atoms with Gasteiger partial charge in [0.2, 0.25) is 11.8 Å². The predicted molar refractivity (Wildman–Crippen MR) is 254 cm³/mol. The lowest BCUT2D eigenvalue weighted by molar-refractivity contribution is -0.122. The summed E-state index contributed by atoms with van der Waals surface area (Å²) in [6.07, 6.45) is 5.00. The highest BCUT2D eigenvalue weighted by Crippen LogP contribution is 2.36. The molecule has 11 nitrogen and oxygen atoms in total. The fraction of sp³-hybridized carbons (Fsp3) is 0.408. The van der Waals surface area contributed by atoms with E-state index in [9.17, 15) is 14.7 Å². The van der Waals surface area contributed by atoms with Crippen LogP contribution in [0.3, 0.4) is 0 Å². The van der Waals surface area contributed by atoms with Crippen LogP contribution in [0.15, 0.2) is 71.7 Å². The number of hydrogen-bond acceptors (Lipinski definition) is 9. The molecule has 0 aliphatic carbocycles. The Bertz CT molecular complexity index is 2350. The molecule has 1 fully saturated rings. The minimum Gasteiger partial charge on any atom is -0.507 e. The van der Waals surface area contributed by atoms with Gasteiger partial charge < -0.3 is 21.1 Å². The number of carbonyl (C=O) groups is 2. The summed E-state index contributed by atoms with van der Waals surface area (Å²) in [5.74, 6) is 8.60. The Kier molecular flexibility index (Phi) is 18.2. The summed E-state index contributed by atoms with van der Waals surface area (Å²) >= 11 is 7.80. The van der Waals surface area contributed by atoms with Gasteiger partial charge >= 0.3 is 0 Å². The van der Waals surface area contributed by atoms with Gasteiger partial charge in [-0.2, -0.15) is 0 Å². The van der Waals surface area contributed by atoms with E-state index in [-0.39, 0.29) is 17.9 Å². The molecule has 2 amide bonds. The molecule has 2 aliphatic heterocycles. The molecule has 62 heavy (non-hydrogen) atoms. The van der Waals surface area contributed by atoms with Crippen molar-refractivity contribution in [2.24, 2.45) is 4.99 Å². The summed E-state index contributed by atoms with van der Waals surface area (Å²) in [6, 6.07) is 22.0. The summed E-state index contributed by atoms with van der Waals surface area (Å²) in [7, 11) is 0. The third kappa shape index (κ3) is 13.3. The second-order valence-electron chi connectivity index (χ2n) is 15.4. The number of fused-ring (bicyclic) bond motifs is 3. The zero-order valence-electron chi connectivity index (χ0n) is 37.2. The van der Waals surface area contributed by atoms with Crippen LogP contribution in [0.4, 0.5) is 5.69 Å². The van der Waals surface area contributed by atoms with Crippen LogP contribution in [-0.4, -0.2) is 74.5 Å². The molecule has 1 saturated heterocycles. The van der Waals surface area contributed by atoms with E-state index in [0.717, 1.165) is 101 Å². The van der Waals surface area contributed by atoms with Crippen LogP contribution in [0, 0.1) is 39.5 Å². The number of carbonyl (C=O) groups excluding carboxylic acids is 2. The summed E-state index contributed by atoms with van der Waals surface area (Å²) < 4.78 is 2.13. The average molecular weight is 878 g/mol. The van der Waals surface area contributed by atoms with E-state index < -0.39 is 0 Å². The van der Waals surface area contributed by atoms with E-state index in [1.54, 1.807) is 11.3 Å². The number of rotatable bonds is 12. The van der Waals surface area contributed by atoms with Gasteiger partial charge in [-0.15, -0.1) is 21.5 Å². The van der Waals surface area contributed by atoms with Gasteiger partial charge in [0.25, 0.3) is 0 Å². The number of nitrogens with zero attached hydrogens (tertiary/aromatic N) is 5. The smallest absolute Gasteiger partial charge is 0.220 e. The monoisotopic (exact) mass is 876 g/mol. The number of amides is 2. The number of thiophene rings is 1. The first-order valence-corrected chi connectivity index (χ1v) is 22.8. The number of phenolic OH excluding ortho intramolecular Hbond substituents is 1. The number of unbranched alkanes of at least 4 members (excludes halogenated alkanes) is 2. The fourth-order valence-corrected chi connectivity index (χ4v) is 8.76. The first kappa shape index (κ1) is 47.6. The van der Waals surface area contributed by atoms with Crippen molar-refractivity contribution >= 4 is 46.2 Å². The average Bonchev–Trinajstić information content (AvgIpc) is 3.72. The summed E-state index contributed by atoms with van der Waals surface area (Å²) in [6.45, 7) is 17.9. The standard InChI is InChI=1S/C30H40N4O3.C17H15ClN4S.C2H6/c1-23-20-25(10-9-17-32-27-11-5-3-6-12-27)21-26(30(23)37)22-34-18-14-28(15-19-34)33-29(36)13-7-4-8-16-31-24(2)35;1-9-10(2)23-17-15(9)16(12-4-6-13(18)7-5-12)19-8-14-21-20-11(3)22(14)17;1-2/h3,5-6,11-12,20-21,28,32,37H,4,7-8,13-19,22H2,1-2H3,(H,31,35)(H,33,36);4-7H,8H2,1-3H3;1-2H3. The van der Waals surface area contributed by atoms with Gasteiger partial charge in [-0.25, -0.2) is 0 Å². The van der Waals surface area contributed by atoms with Gasteiger partial charge in [-0.1, -0.05) is 74.0 Å². The number of nitrogens with one attached hydrogen (secondary N) is 3. The normalized spacial score (nSPS) is 13.3. The van der Waals surface area contributed by atoms with E-state index in [0.29, 0.717) is 38.3 Å². The number of phenols is 1. The molecular weight excluding hydrogens is 816 g/mol. The number of aryl methyl sites for hydroxylation is 3. The molecule has 13 heteroatoms. The SMILES string of the molecule is CC.CC(=O)NCCCCCC(=O)NC1CCN(Cc2cc(C#CCNc3ccccc3)cc(C)c2O)CC1.Cc1sc2c(c1C)C(c1ccc(Cl)cc1)=NCc1nnc(C)n1-2. The number of piperidine rings is 1. The maximum absolute atomic E-state index is 12.3. The minimum absolute atomic E-state index is 0.0112. The number of para-hydroxylation sites is 1. The molecular formula is C49H61ClN8O3S. The summed E-state index contributed by atoms with van der Waals surface area (Å²) in [4.78, 5) is 31.6. The number of halogens is 1. The van der Waals surface area contributed by atoms with Crippen LogP contribution in [0.1, 0.15) is 109 Å². The number of anilines is 1. The van der Waals surface area contributed by atoms with Crippen molar-refractivity contribution in [2.75, 3.05) is 31.5 Å². The van der Waals surface area contributed by atoms with Crippen LogP contribution in [0.2, 0.25) is 5.02 Å². The lowest BCUT2D eigenvalue weighted by Crippen LogP contribution is -2.44. The molecule has 3 aromatic carbocycles. The molecule has 0 saturated carbocycles. The highest BCUT2D eigenvalue weighted by atomic mass is 35.5. The number of aromatic hydroxyl groups is 1. The van der Waals surface area contributed by atoms with Crippen LogP contribution in [0.5, 0.6) is 5.75 Å². The van der Waals surface area contributed by atoms with Crippen molar-refractivity contribution in [2.45, 2.75) is 106 Å². The minimum atomic E-state index is -0.0112. The Morgan fingerprint density at radius 1 is 0.952 bits per heavy atom. The molecule has 0 radical (unpaired) electrons. The highest BCUT2D eigenvalue weighted by molar-refractivity contribution is 7.15. The molecule has 0 spiro atoms. The van der Waals surface area contributed by atoms with Crippen molar-refractivity contribution in [1.82, 2.24) is 30.3 Å². The largest absolute Gasteiger partial charge is 0.507 e. The van der Waals surface area contributed by atoms with E-state index in [4.69, 9.17) is 16.6 Å². The molecule has 328 valence electrons. The molecule has 7 rings (SSSR count). The van der Waals surface area contributed by atoms with Crippen LogP contribution in [0.25, 0.3) is 5.00 Å². The second kappa shape index (κ2) is 23.7. The molecule has 5 aromatic rings. The van der Waals surface area contributed by atoms with Gasteiger partial charge in [0.15, 0.2) is 5.82 Å². The Hall–Kier alpha value is -5.48. The van der Waals surface area contributed by atoms with E-state index in [2.05, 4.69) is 61.3 Å². The molecule has 2 aliphatic rings. The van der Waals surface area contributed by atoms with Crippen molar-refractivity contribution in [3.8, 4) is 22.6 Å². The Morgan fingerprint density at radius 3 is 2.39 bits per heavy atom. The van der Waals surface area contributed by atoms with Crippen molar-refractivity contribution in [3.63, 3.8) is 0 Å². The van der Waals surface area contributed by atoms with Crippen molar-refractivity contribution in [3.05, 3.63) is 122 Å². The Labute approximate surface area is 376 Å². The lowest BCUT2D eigenvalue weighted by atomic mass is 10.00. The topological polar surface area (TPSA) is 137 Å². The van der Waals surface area contributed by atoms with Gasteiger partial charge in [0.05, 0.1) is 12.3 Å². The lowest BCUT2D eigenvalue weighted by Gasteiger charge is -2.32. The van der Waals surface area contributed by atoms with E-state index in [1.165, 1.54) is 22.9 Å². The number of aromatic nitrogens is 3. The molecule has 2 aromatic heterocycles. The van der Waals surface area contributed by atoms with Gasteiger partial charge in [0, 0.05) is 83.4 Å².